The third-order valence-electron chi connectivity index (χ3n) is 4.97. The van der Waals surface area contributed by atoms with Crippen molar-refractivity contribution in [2.24, 2.45) is 4.99 Å². The fourth-order valence-corrected chi connectivity index (χ4v) is 3.64. The van der Waals surface area contributed by atoms with Crippen LogP contribution in [0.4, 0.5) is 17.6 Å². The van der Waals surface area contributed by atoms with E-state index in [4.69, 9.17) is 16.3 Å². The van der Waals surface area contributed by atoms with Crippen molar-refractivity contribution in [2.75, 3.05) is 0 Å². The van der Waals surface area contributed by atoms with Crippen LogP contribution in [0.2, 0.25) is 5.02 Å². The quantitative estimate of drug-likeness (QED) is 0.405. The zero-order valence-corrected chi connectivity index (χ0v) is 16.5. The number of hydrogen-bond donors (Lipinski definition) is 0. The first kappa shape index (κ1) is 20.4. The molecule has 2 nitrogen and oxygen atoms in total. The number of benzene rings is 3. The fourth-order valence-electron chi connectivity index (χ4n) is 3.40. The number of rotatable bonds is 3. The largest absolute Gasteiger partial charge is 0.472 e. The van der Waals surface area contributed by atoms with Gasteiger partial charge in [0, 0.05) is 0 Å². The monoisotopic (exact) mass is 433 g/mol. The van der Waals surface area contributed by atoms with Crippen molar-refractivity contribution in [1.29, 1.82) is 0 Å². The van der Waals surface area contributed by atoms with Gasteiger partial charge in [-0.25, -0.2) is 9.38 Å². The number of nitrogens with zero attached hydrogens (tertiary/aromatic N) is 1. The molecule has 7 heteroatoms. The van der Waals surface area contributed by atoms with Gasteiger partial charge in [-0.15, -0.1) is 0 Å². The highest BCUT2D eigenvalue weighted by atomic mass is 35.5. The molecule has 0 radical (unpaired) electrons. The summed E-state index contributed by atoms with van der Waals surface area (Å²) in [6.45, 7) is 1.83. The SMILES string of the molecule is C[C@@H]1OC(c2c(F)cccc2Cl)=N[C@@H]1c1ccc(-c2ccc(C(F)(F)F)cc2)cc1. The van der Waals surface area contributed by atoms with E-state index >= 15 is 0 Å². The van der Waals surface area contributed by atoms with Crippen molar-refractivity contribution < 1.29 is 22.3 Å². The van der Waals surface area contributed by atoms with Gasteiger partial charge in [0.1, 0.15) is 18.0 Å². The maximum absolute atomic E-state index is 14.2. The normalized spacial score (nSPS) is 18.8. The van der Waals surface area contributed by atoms with Gasteiger partial charge >= 0.3 is 6.18 Å². The number of ether oxygens (including phenoxy) is 1. The molecule has 0 saturated carbocycles. The van der Waals surface area contributed by atoms with Crippen LogP contribution in [0.15, 0.2) is 71.7 Å². The molecule has 0 unspecified atom stereocenters. The van der Waals surface area contributed by atoms with Crippen LogP contribution in [0.1, 0.15) is 29.7 Å². The molecule has 1 heterocycles. The van der Waals surface area contributed by atoms with Crippen molar-refractivity contribution in [1.82, 2.24) is 0 Å². The molecular weight excluding hydrogens is 418 g/mol. The Hall–Kier alpha value is -2.86. The summed E-state index contributed by atoms with van der Waals surface area (Å²) in [6, 6.07) is 16.3. The van der Waals surface area contributed by atoms with Crippen LogP contribution >= 0.6 is 11.6 Å². The van der Waals surface area contributed by atoms with Gasteiger partial charge in [0.05, 0.1) is 16.1 Å². The second-order valence-corrected chi connectivity index (χ2v) is 7.40. The van der Waals surface area contributed by atoms with Gasteiger partial charge < -0.3 is 4.74 Å². The second-order valence-electron chi connectivity index (χ2n) is 7.00. The first-order valence-electron chi connectivity index (χ1n) is 9.20. The topological polar surface area (TPSA) is 21.6 Å². The minimum Gasteiger partial charge on any atom is -0.472 e. The molecule has 1 aliphatic rings. The van der Waals surface area contributed by atoms with E-state index < -0.39 is 17.6 Å². The van der Waals surface area contributed by atoms with Gasteiger partial charge in [0.25, 0.3) is 0 Å². The molecule has 3 aromatic rings. The van der Waals surface area contributed by atoms with Crippen molar-refractivity contribution in [3.8, 4) is 11.1 Å². The van der Waals surface area contributed by atoms with Crippen molar-refractivity contribution >= 4 is 17.5 Å². The van der Waals surface area contributed by atoms with Gasteiger partial charge in [0.15, 0.2) is 0 Å². The zero-order chi connectivity index (χ0) is 21.5. The molecule has 154 valence electrons. The maximum atomic E-state index is 14.2. The molecule has 2 atom stereocenters. The molecule has 0 fully saturated rings. The van der Waals surface area contributed by atoms with E-state index in [-0.39, 0.29) is 28.6 Å². The summed E-state index contributed by atoms with van der Waals surface area (Å²) >= 11 is 6.11. The van der Waals surface area contributed by atoms with Crippen LogP contribution in [-0.4, -0.2) is 12.0 Å². The standard InChI is InChI=1S/C23H16ClF4NO/c1-13-21(29-22(30-13)20-18(24)3-2-4-19(20)25)16-7-5-14(6-8-16)15-9-11-17(12-10-15)23(26,27)28/h2-13,21H,1H3/t13-,21-/m0/s1. The average molecular weight is 434 g/mol. The lowest BCUT2D eigenvalue weighted by Gasteiger charge is -2.14. The summed E-state index contributed by atoms with van der Waals surface area (Å²) < 4.78 is 58.1. The van der Waals surface area contributed by atoms with E-state index in [1.165, 1.54) is 24.3 Å². The lowest BCUT2D eigenvalue weighted by Crippen LogP contribution is -2.13. The summed E-state index contributed by atoms with van der Waals surface area (Å²) in [7, 11) is 0. The smallest absolute Gasteiger partial charge is 0.416 e. The van der Waals surface area contributed by atoms with E-state index in [1.807, 2.05) is 31.2 Å². The van der Waals surface area contributed by atoms with E-state index in [2.05, 4.69) is 4.99 Å². The Morgan fingerprint density at radius 1 is 0.900 bits per heavy atom. The van der Waals surface area contributed by atoms with Crippen molar-refractivity contribution in [3.05, 3.63) is 94.3 Å². The molecule has 30 heavy (non-hydrogen) atoms. The molecule has 0 bridgehead atoms. The predicted octanol–water partition coefficient (Wildman–Crippen LogP) is 7.07. The summed E-state index contributed by atoms with van der Waals surface area (Å²) in [5.74, 6) is -0.353. The molecule has 0 spiro atoms. The van der Waals surface area contributed by atoms with Crippen LogP contribution in [-0.2, 0) is 10.9 Å². The lowest BCUT2D eigenvalue weighted by atomic mass is 9.98. The van der Waals surface area contributed by atoms with Crippen LogP contribution in [0.25, 0.3) is 11.1 Å². The average Bonchev–Trinajstić information content (AvgIpc) is 3.08. The first-order valence-corrected chi connectivity index (χ1v) is 9.58. The lowest BCUT2D eigenvalue weighted by molar-refractivity contribution is -0.137. The third-order valence-corrected chi connectivity index (χ3v) is 5.29. The van der Waals surface area contributed by atoms with Crippen molar-refractivity contribution in [3.63, 3.8) is 0 Å². The Bertz CT molecular complexity index is 1070. The van der Waals surface area contributed by atoms with Crippen molar-refractivity contribution in [2.45, 2.75) is 25.2 Å². The summed E-state index contributed by atoms with van der Waals surface area (Å²) in [6.07, 6.45) is -4.69. The van der Waals surface area contributed by atoms with E-state index in [0.29, 0.717) is 5.56 Å². The minimum absolute atomic E-state index is 0.134. The fraction of sp³-hybridized carbons (Fsp3) is 0.174. The summed E-state index contributed by atoms with van der Waals surface area (Å²) in [5, 5.41) is 0.222. The molecule has 3 aromatic carbocycles. The van der Waals surface area contributed by atoms with Gasteiger partial charge in [-0.05, 0) is 47.9 Å². The summed E-state index contributed by atoms with van der Waals surface area (Å²) in [4.78, 5) is 4.52. The van der Waals surface area contributed by atoms with Crippen LogP contribution < -0.4 is 0 Å². The predicted molar refractivity (Wildman–Crippen MR) is 108 cm³/mol. The minimum atomic E-state index is -4.36. The Labute approximate surface area is 175 Å². The molecule has 0 aromatic heterocycles. The Kier molecular flexibility index (Phi) is 5.28. The highest BCUT2D eigenvalue weighted by Crippen LogP contribution is 2.35. The third kappa shape index (κ3) is 3.92. The van der Waals surface area contributed by atoms with Gasteiger partial charge in [0.2, 0.25) is 5.90 Å². The van der Waals surface area contributed by atoms with E-state index in [0.717, 1.165) is 23.3 Å². The Morgan fingerprint density at radius 3 is 2.07 bits per heavy atom. The van der Waals surface area contributed by atoms with Crippen LogP contribution in [0.5, 0.6) is 0 Å². The van der Waals surface area contributed by atoms with Gasteiger partial charge in [-0.1, -0.05) is 54.1 Å². The van der Waals surface area contributed by atoms with Gasteiger partial charge in [-0.3, -0.25) is 0 Å². The highest BCUT2D eigenvalue weighted by Gasteiger charge is 2.32. The number of alkyl halides is 3. The number of aliphatic imine (C=N–C) groups is 1. The molecule has 0 N–H and O–H groups in total. The molecular formula is C23H16ClF4NO. The molecule has 4 rings (SSSR count). The van der Waals surface area contributed by atoms with Gasteiger partial charge in [-0.2, -0.15) is 13.2 Å². The second kappa shape index (κ2) is 7.76. The van der Waals surface area contributed by atoms with Crippen LogP contribution in [0, 0.1) is 5.82 Å². The molecule has 1 aliphatic heterocycles. The molecule has 0 amide bonds. The van der Waals surface area contributed by atoms with E-state index in [1.54, 1.807) is 6.07 Å². The zero-order valence-electron chi connectivity index (χ0n) is 15.8. The number of halogens is 5. The molecule has 0 saturated heterocycles. The summed E-state index contributed by atoms with van der Waals surface area (Å²) in [5.41, 5.74) is 1.75. The van der Waals surface area contributed by atoms with Crippen LogP contribution in [0.3, 0.4) is 0 Å². The number of hydrogen-bond acceptors (Lipinski definition) is 2. The highest BCUT2D eigenvalue weighted by molar-refractivity contribution is 6.33. The Morgan fingerprint density at radius 2 is 1.50 bits per heavy atom. The van der Waals surface area contributed by atoms with E-state index in [9.17, 15) is 17.6 Å². The maximum Gasteiger partial charge on any atom is 0.416 e. The first-order chi connectivity index (χ1) is 14.2. The Balaban J connectivity index is 1.59. The molecule has 0 aliphatic carbocycles.